The van der Waals surface area contributed by atoms with Crippen LogP contribution in [0.2, 0.25) is 0 Å². The van der Waals surface area contributed by atoms with E-state index in [1.54, 1.807) is 7.05 Å². The average molecular weight is 185 g/mol. The van der Waals surface area contributed by atoms with E-state index in [1.165, 1.54) is 4.90 Å². The Morgan fingerprint density at radius 2 is 2.31 bits per heavy atom. The molecule has 5 nitrogen and oxygen atoms in total. The highest BCUT2D eigenvalue weighted by molar-refractivity contribution is 5.71. The Balaban J connectivity index is 1.91. The predicted molar refractivity (Wildman–Crippen MR) is 41.1 cm³/mol. The van der Waals surface area contributed by atoms with Gasteiger partial charge in [0.05, 0.1) is 12.2 Å². The lowest BCUT2D eigenvalue weighted by molar-refractivity contribution is 0.0368. The highest BCUT2D eigenvalue weighted by atomic mass is 16.6. The number of fused-ring (bicyclic) bond motifs is 3. The van der Waals surface area contributed by atoms with Crippen molar-refractivity contribution in [2.24, 2.45) is 0 Å². The van der Waals surface area contributed by atoms with Gasteiger partial charge in [0.15, 0.2) is 6.10 Å². The zero-order valence-corrected chi connectivity index (χ0v) is 7.21. The van der Waals surface area contributed by atoms with Crippen molar-refractivity contribution in [3.8, 4) is 0 Å². The summed E-state index contributed by atoms with van der Waals surface area (Å²) in [4.78, 5) is 12.7. The number of aliphatic hydroxyl groups excluding tert-OH is 1. The zero-order chi connectivity index (χ0) is 9.16. The molecule has 0 spiro atoms. The van der Waals surface area contributed by atoms with Crippen molar-refractivity contribution in [1.82, 2.24) is 4.90 Å². The number of rotatable bonds is 0. The van der Waals surface area contributed by atoms with Gasteiger partial charge in [0.2, 0.25) is 0 Å². The van der Waals surface area contributed by atoms with Gasteiger partial charge in [-0.3, -0.25) is 0 Å². The lowest BCUT2D eigenvalue weighted by Gasteiger charge is -2.28. The molecule has 0 radical (unpaired) electrons. The van der Waals surface area contributed by atoms with E-state index in [0.717, 1.165) is 0 Å². The van der Waals surface area contributed by atoms with Crippen molar-refractivity contribution in [2.45, 2.75) is 36.9 Å². The summed E-state index contributed by atoms with van der Waals surface area (Å²) in [5.74, 6) is 0. The van der Waals surface area contributed by atoms with Crippen LogP contribution in [-0.4, -0.2) is 53.6 Å². The largest absolute Gasteiger partial charge is 0.441 e. The maximum atomic E-state index is 11.2. The molecule has 0 aromatic heterocycles. The molecule has 1 aliphatic carbocycles. The first-order valence-electron chi connectivity index (χ1n) is 4.45. The molecule has 0 bridgehead atoms. The van der Waals surface area contributed by atoms with Gasteiger partial charge < -0.3 is 19.5 Å². The number of likely N-dealkylation sites (N-methyl/N-ethyl adjacent to an activating group) is 1. The van der Waals surface area contributed by atoms with E-state index in [9.17, 15) is 9.90 Å². The lowest BCUT2D eigenvalue weighted by atomic mass is 9.90. The van der Waals surface area contributed by atoms with Gasteiger partial charge in [0.25, 0.3) is 0 Å². The van der Waals surface area contributed by atoms with Gasteiger partial charge in [-0.05, 0) is 0 Å². The zero-order valence-electron chi connectivity index (χ0n) is 7.21. The molecular weight excluding hydrogens is 174 g/mol. The second-order valence-electron chi connectivity index (χ2n) is 3.89. The molecular formula is C8H11NO4. The van der Waals surface area contributed by atoms with Gasteiger partial charge in [0.1, 0.15) is 12.1 Å². The molecule has 3 aliphatic rings. The number of carbonyl (C=O) groups is 1. The number of hydrogen-bond acceptors (Lipinski definition) is 4. The Labute approximate surface area is 75.2 Å². The second kappa shape index (κ2) is 2.16. The predicted octanol–water partition coefficient (Wildman–Crippen LogP) is -0.662. The van der Waals surface area contributed by atoms with Crippen LogP contribution in [0.3, 0.4) is 0 Å². The van der Waals surface area contributed by atoms with Crippen LogP contribution >= 0.6 is 0 Å². The summed E-state index contributed by atoms with van der Waals surface area (Å²) in [5.41, 5.74) is 0. The summed E-state index contributed by atoms with van der Waals surface area (Å²) in [6.45, 7) is 0. The molecule has 2 heterocycles. The Bertz CT molecular complexity index is 269. The van der Waals surface area contributed by atoms with Crippen molar-refractivity contribution in [1.29, 1.82) is 0 Å². The van der Waals surface area contributed by atoms with Crippen LogP contribution in [0.15, 0.2) is 0 Å². The first-order chi connectivity index (χ1) is 6.18. The SMILES string of the molecule is CN1C(=O)O[C@H]2[C@@H]3O[C@@H]3C[C@H](O)[C@H]21. The first kappa shape index (κ1) is 7.58. The molecule has 1 saturated carbocycles. The fourth-order valence-electron chi connectivity index (χ4n) is 2.36. The number of amides is 1. The highest BCUT2D eigenvalue weighted by Crippen LogP contribution is 2.42. The molecule has 2 aliphatic heterocycles. The molecule has 0 unspecified atom stereocenters. The summed E-state index contributed by atoms with van der Waals surface area (Å²) in [5, 5.41) is 9.71. The van der Waals surface area contributed by atoms with Crippen molar-refractivity contribution < 1.29 is 19.4 Å². The molecule has 0 aromatic carbocycles. The van der Waals surface area contributed by atoms with Crippen LogP contribution in [0.4, 0.5) is 4.79 Å². The van der Waals surface area contributed by atoms with Crippen molar-refractivity contribution in [3.05, 3.63) is 0 Å². The molecule has 3 rings (SSSR count). The van der Waals surface area contributed by atoms with Crippen molar-refractivity contribution in [3.63, 3.8) is 0 Å². The third-order valence-electron chi connectivity index (χ3n) is 3.12. The normalized spacial score (nSPS) is 52.6. The minimum absolute atomic E-state index is 0.0299. The molecule has 2 saturated heterocycles. The van der Waals surface area contributed by atoms with Gasteiger partial charge in [-0.1, -0.05) is 0 Å². The maximum absolute atomic E-state index is 11.2. The van der Waals surface area contributed by atoms with E-state index in [1.807, 2.05) is 0 Å². The summed E-state index contributed by atoms with van der Waals surface area (Å²) in [7, 11) is 1.65. The number of aliphatic hydroxyl groups is 1. The summed E-state index contributed by atoms with van der Waals surface area (Å²) < 4.78 is 10.4. The molecule has 1 amide bonds. The van der Waals surface area contributed by atoms with E-state index < -0.39 is 6.10 Å². The minimum Gasteiger partial charge on any atom is -0.441 e. The Kier molecular flexibility index (Phi) is 1.26. The monoisotopic (exact) mass is 185 g/mol. The maximum Gasteiger partial charge on any atom is 0.410 e. The summed E-state index contributed by atoms with van der Waals surface area (Å²) in [6, 6.07) is -0.212. The van der Waals surface area contributed by atoms with Crippen molar-refractivity contribution >= 4 is 6.09 Å². The fourth-order valence-corrected chi connectivity index (χ4v) is 2.36. The standard InChI is InChI=1S/C8H11NO4/c1-9-5-3(10)2-4-6(12-4)7(5)13-8(9)11/h3-7,10H,2H2,1H3/t3-,4+,5+,6+,7+/m0/s1. The van der Waals surface area contributed by atoms with E-state index >= 15 is 0 Å². The first-order valence-corrected chi connectivity index (χ1v) is 4.45. The van der Waals surface area contributed by atoms with Crippen LogP contribution in [-0.2, 0) is 9.47 Å². The molecule has 13 heavy (non-hydrogen) atoms. The van der Waals surface area contributed by atoms with Crippen molar-refractivity contribution in [2.75, 3.05) is 7.05 Å². The minimum atomic E-state index is -0.509. The van der Waals surface area contributed by atoms with Crippen LogP contribution in [0, 0.1) is 0 Å². The quantitative estimate of drug-likeness (QED) is 0.509. The highest BCUT2D eigenvalue weighted by Gasteiger charge is 2.61. The Morgan fingerprint density at radius 3 is 3.08 bits per heavy atom. The van der Waals surface area contributed by atoms with Crippen LogP contribution in [0.1, 0.15) is 6.42 Å². The average Bonchev–Trinajstić information content (AvgIpc) is 2.76. The smallest absolute Gasteiger partial charge is 0.410 e. The van der Waals surface area contributed by atoms with Gasteiger partial charge in [-0.2, -0.15) is 0 Å². The van der Waals surface area contributed by atoms with Gasteiger partial charge >= 0.3 is 6.09 Å². The molecule has 5 atom stereocenters. The van der Waals surface area contributed by atoms with Crippen LogP contribution < -0.4 is 0 Å². The molecule has 0 aromatic rings. The summed E-state index contributed by atoms with van der Waals surface area (Å²) >= 11 is 0. The van der Waals surface area contributed by atoms with Gasteiger partial charge in [-0.15, -0.1) is 0 Å². The lowest BCUT2D eigenvalue weighted by Crippen LogP contribution is -2.49. The number of epoxide rings is 1. The van der Waals surface area contributed by atoms with E-state index in [2.05, 4.69) is 0 Å². The number of hydrogen-bond donors (Lipinski definition) is 1. The molecule has 3 fully saturated rings. The van der Waals surface area contributed by atoms with E-state index in [-0.39, 0.29) is 30.4 Å². The fraction of sp³-hybridized carbons (Fsp3) is 0.875. The van der Waals surface area contributed by atoms with Crippen LogP contribution in [0.5, 0.6) is 0 Å². The third kappa shape index (κ3) is 0.858. The molecule has 5 heteroatoms. The Hall–Kier alpha value is -0.810. The van der Waals surface area contributed by atoms with E-state index in [4.69, 9.17) is 9.47 Å². The topological polar surface area (TPSA) is 62.3 Å². The van der Waals surface area contributed by atoms with Gasteiger partial charge in [-0.25, -0.2) is 4.79 Å². The number of ether oxygens (including phenoxy) is 2. The summed E-state index contributed by atoms with van der Waals surface area (Å²) in [6.07, 6.45) is -0.369. The van der Waals surface area contributed by atoms with Gasteiger partial charge in [0, 0.05) is 13.5 Å². The molecule has 72 valence electrons. The number of nitrogens with zero attached hydrogens (tertiary/aromatic N) is 1. The van der Waals surface area contributed by atoms with E-state index in [0.29, 0.717) is 6.42 Å². The second-order valence-corrected chi connectivity index (χ2v) is 3.89. The third-order valence-corrected chi connectivity index (χ3v) is 3.12. The van der Waals surface area contributed by atoms with Crippen LogP contribution in [0.25, 0.3) is 0 Å². The Morgan fingerprint density at radius 1 is 1.54 bits per heavy atom. The number of carbonyl (C=O) groups excluding carboxylic acids is 1. The molecule has 1 N–H and O–H groups in total.